The average Bonchev–Trinajstić information content (AvgIpc) is 3.28. The number of para-hydroxylation sites is 1. The number of fused-ring (bicyclic) bond motifs is 1. The van der Waals surface area contributed by atoms with E-state index in [1.54, 1.807) is 30.3 Å². The maximum Gasteiger partial charge on any atom is 0.341 e. The summed E-state index contributed by atoms with van der Waals surface area (Å²) in [7, 11) is 0. The SMILES string of the molecule is O=C(O)COc1ccccc1/C=N\NC(=O)c1cc(-c2ccc3ccccc3c2)n[nH]1. The van der Waals surface area contributed by atoms with Crippen LogP contribution in [0.3, 0.4) is 0 Å². The van der Waals surface area contributed by atoms with Gasteiger partial charge in [0.05, 0.1) is 11.9 Å². The minimum absolute atomic E-state index is 0.260. The molecule has 0 aliphatic carbocycles. The first-order valence-corrected chi connectivity index (χ1v) is 9.42. The molecule has 0 atom stereocenters. The van der Waals surface area contributed by atoms with Crippen molar-refractivity contribution in [3.63, 3.8) is 0 Å². The summed E-state index contributed by atoms with van der Waals surface area (Å²) in [6.07, 6.45) is 1.38. The molecule has 4 rings (SSSR count). The second-order valence-corrected chi connectivity index (χ2v) is 6.65. The molecule has 154 valence electrons. The summed E-state index contributed by atoms with van der Waals surface area (Å²) in [4.78, 5) is 23.1. The Morgan fingerprint density at radius 2 is 1.81 bits per heavy atom. The summed E-state index contributed by atoms with van der Waals surface area (Å²) in [5.41, 5.74) is 4.75. The van der Waals surface area contributed by atoms with Crippen LogP contribution in [0.5, 0.6) is 5.75 Å². The lowest BCUT2D eigenvalue weighted by molar-refractivity contribution is -0.139. The highest BCUT2D eigenvalue weighted by Gasteiger charge is 2.11. The standard InChI is InChI=1S/C23H18N4O4/c28-22(29)14-31-21-8-4-3-7-18(21)13-24-27-23(30)20-12-19(25-26-20)17-10-9-15-5-1-2-6-16(15)11-17/h1-13H,14H2,(H,25,26)(H,27,30)(H,28,29)/b24-13-. The number of nitrogens with zero attached hydrogens (tertiary/aromatic N) is 2. The van der Waals surface area contributed by atoms with E-state index in [0.717, 1.165) is 16.3 Å². The summed E-state index contributed by atoms with van der Waals surface area (Å²) in [6, 6.07) is 22.4. The molecule has 31 heavy (non-hydrogen) atoms. The molecule has 0 saturated heterocycles. The molecular formula is C23H18N4O4. The van der Waals surface area contributed by atoms with Gasteiger partial charge in [0, 0.05) is 11.1 Å². The molecule has 0 radical (unpaired) electrons. The molecule has 3 N–H and O–H groups in total. The second-order valence-electron chi connectivity index (χ2n) is 6.65. The number of hydrogen-bond donors (Lipinski definition) is 3. The number of carboxylic acid groups (broad SMARTS) is 1. The molecule has 8 nitrogen and oxygen atoms in total. The minimum atomic E-state index is -1.08. The van der Waals surface area contributed by atoms with Crippen molar-refractivity contribution in [2.24, 2.45) is 5.10 Å². The van der Waals surface area contributed by atoms with Gasteiger partial charge < -0.3 is 9.84 Å². The Kier molecular flexibility index (Phi) is 5.70. The van der Waals surface area contributed by atoms with Crippen LogP contribution in [-0.4, -0.2) is 40.0 Å². The van der Waals surface area contributed by atoms with Gasteiger partial charge in [-0.05, 0) is 35.0 Å². The molecule has 1 amide bonds. The molecule has 0 bridgehead atoms. The summed E-state index contributed by atoms with van der Waals surface area (Å²) in [5.74, 6) is -1.19. The minimum Gasteiger partial charge on any atom is -0.481 e. The quantitative estimate of drug-likeness (QED) is 0.316. The number of hydrogen-bond acceptors (Lipinski definition) is 5. The number of rotatable bonds is 7. The van der Waals surface area contributed by atoms with Gasteiger partial charge in [-0.25, -0.2) is 10.2 Å². The van der Waals surface area contributed by atoms with Gasteiger partial charge in [0.1, 0.15) is 11.4 Å². The van der Waals surface area contributed by atoms with Crippen LogP contribution < -0.4 is 10.2 Å². The van der Waals surface area contributed by atoms with Crippen molar-refractivity contribution >= 4 is 28.9 Å². The number of H-pyrrole nitrogens is 1. The zero-order valence-corrected chi connectivity index (χ0v) is 16.3. The second kappa shape index (κ2) is 8.91. The van der Waals surface area contributed by atoms with E-state index in [1.165, 1.54) is 6.21 Å². The van der Waals surface area contributed by atoms with Gasteiger partial charge in [0.2, 0.25) is 0 Å². The average molecular weight is 414 g/mol. The first-order valence-electron chi connectivity index (χ1n) is 9.42. The number of ether oxygens (including phenoxy) is 1. The van der Waals surface area contributed by atoms with Gasteiger partial charge >= 0.3 is 5.97 Å². The molecule has 1 aromatic heterocycles. The zero-order valence-electron chi connectivity index (χ0n) is 16.3. The van der Waals surface area contributed by atoms with Crippen molar-refractivity contribution < 1.29 is 19.4 Å². The number of aliphatic carboxylic acids is 1. The number of carbonyl (C=O) groups is 2. The predicted molar refractivity (Wildman–Crippen MR) is 116 cm³/mol. The van der Waals surface area contributed by atoms with E-state index in [9.17, 15) is 9.59 Å². The molecule has 0 aliphatic rings. The van der Waals surface area contributed by atoms with Crippen LogP contribution in [0.1, 0.15) is 16.1 Å². The summed E-state index contributed by atoms with van der Waals surface area (Å²) < 4.78 is 5.20. The molecule has 4 aromatic rings. The van der Waals surface area contributed by atoms with E-state index < -0.39 is 18.5 Å². The molecule has 0 saturated carbocycles. The number of nitrogens with one attached hydrogen (secondary N) is 2. The number of amides is 1. The number of benzene rings is 3. The third-order valence-electron chi connectivity index (χ3n) is 4.51. The van der Waals surface area contributed by atoms with Gasteiger partial charge in [-0.1, -0.05) is 48.5 Å². The molecule has 0 fully saturated rings. The van der Waals surface area contributed by atoms with Crippen molar-refractivity contribution in [1.29, 1.82) is 0 Å². The Labute approximate surface area is 177 Å². The summed E-state index contributed by atoms with van der Waals surface area (Å²) in [5, 5.41) is 21.8. The maximum absolute atomic E-state index is 12.4. The molecule has 0 unspecified atom stereocenters. The Hall–Kier alpha value is -4.46. The zero-order chi connectivity index (χ0) is 21.6. The molecule has 8 heteroatoms. The Morgan fingerprint density at radius 3 is 2.65 bits per heavy atom. The highest BCUT2D eigenvalue weighted by Crippen LogP contribution is 2.23. The lowest BCUT2D eigenvalue weighted by Gasteiger charge is -2.06. The maximum atomic E-state index is 12.4. The third-order valence-corrected chi connectivity index (χ3v) is 4.51. The van der Waals surface area contributed by atoms with E-state index >= 15 is 0 Å². The highest BCUT2D eigenvalue weighted by atomic mass is 16.5. The Balaban J connectivity index is 1.44. The molecule has 3 aromatic carbocycles. The number of aromatic nitrogens is 2. The van der Waals surface area contributed by atoms with Gasteiger partial charge in [-0.3, -0.25) is 9.89 Å². The topological polar surface area (TPSA) is 117 Å². The summed E-state index contributed by atoms with van der Waals surface area (Å²) in [6.45, 7) is -0.469. The van der Waals surface area contributed by atoms with Crippen molar-refractivity contribution in [2.45, 2.75) is 0 Å². The molecular weight excluding hydrogens is 396 g/mol. The smallest absolute Gasteiger partial charge is 0.341 e. The van der Waals surface area contributed by atoms with Crippen molar-refractivity contribution in [3.8, 4) is 17.0 Å². The lowest BCUT2D eigenvalue weighted by Crippen LogP contribution is -2.18. The van der Waals surface area contributed by atoms with Crippen molar-refractivity contribution in [1.82, 2.24) is 15.6 Å². The largest absolute Gasteiger partial charge is 0.481 e. The third kappa shape index (κ3) is 4.76. The monoisotopic (exact) mass is 414 g/mol. The fourth-order valence-electron chi connectivity index (χ4n) is 3.01. The van der Waals surface area contributed by atoms with Crippen molar-refractivity contribution in [2.75, 3.05) is 6.61 Å². The van der Waals surface area contributed by atoms with Crippen LogP contribution in [0, 0.1) is 0 Å². The van der Waals surface area contributed by atoms with E-state index in [2.05, 4.69) is 20.7 Å². The van der Waals surface area contributed by atoms with E-state index in [1.807, 2.05) is 42.5 Å². The number of aromatic amines is 1. The summed E-state index contributed by atoms with van der Waals surface area (Å²) >= 11 is 0. The fourth-order valence-corrected chi connectivity index (χ4v) is 3.01. The van der Waals surface area contributed by atoms with Crippen LogP contribution >= 0.6 is 0 Å². The van der Waals surface area contributed by atoms with Gasteiger partial charge in [-0.15, -0.1) is 0 Å². The first kappa shape index (κ1) is 19.8. The normalized spacial score (nSPS) is 11.0. The fraction of sp³-hybridized carbons (Fsp3) is 0.0435. The van der Waals surface area contributed by atoms with Crippen LogP contribution in [0.25, 0.3) is 22.0 Å². The number of carboxylic acids is 1. The van der Waals surface area contributed by atoms with E-state index in [0.29, 0.717) is 17.0 Å². The predicted octanol–water partition coefficient (Wildman–Crippen LogP) is 3.46. The van der Waals surface area contributed by atoms with Gasteiger partial charge in [0.15, 0.2) is 6.61 Å². The van der Waals surface area contributed by atoms with Gasteiger partial charge in [-0.2, -0.15) is 10.2 Å². The molecule has 1 heterocycles. The van der Waals surface area contributed by atoms with Crippen LogP contribution in [0.2, 0.25) is 0 Å². The molecule has 0 spiro atoms. The Morgan fingerprint density at radius 1 is 1.03 bits per heavy atom. The Bertz CT molecular complexity index is 1280. The first-order chi connectivity index (χ1) is 15.1. The van der Waals surface area contributed by atoms with Crippen LogP contribution in [-0.2, 0) is 4.79 Å². The van der Waals surface area contributed by atoms with E-state index in [-0.39, 0.29) is 5.69 Å². The van der Waals surface area contributed by atoms with Crippen LogP contribution in [0.15, 0.2) is 77.9 Å². The van der Waals surface area contributed by atoms with Crippen LogP contribution in [0.4, 0.5) is 0 Å². The number of carbonyl (C=O) groups excluding carboxylic acids is 1. The van der Waals surface area contributed by atoms with Crippen molar-refractivity contribution in [3.05, 3.63) is 84.1 Å². The highest BCUT2D eigenvalue weighted by molar-refractivity contribution is 5.95. The molecule has 0 aliphatic heterocycles. The van der Waals surface area contributed by atoms with E-state index in [4.69, 9.17) is 9.84 Å². The lowest BCUT2D eigenvalue weighted by atomic mass is 10.1. The van der Waals surface area contributed by atoms with Gasteiger partial charge in [0.25, 0.3) is 5.91 Å². The number of hydrazone groups is 1.